The first-order valence-electron chi connectivity index (χ1n) is 8.08. The van der Waals surface area contributed by atoms with Gasteiger partial charge in [-0.3, -0.25) is 9.10 Å². The molecule has 0 saturated heterocycles. The number of rotatable bonds is 6. The van der Waals surface area contributed by atoms with Crippen LogP contribution in [0.3, 0.4) is 0 Å². The van der Waals surface area contributed by atoms with Gasteiger partial charge in [0.05, 0.1) is 17.5 Å². The van der Waals surface area contributed by atoms with E-state index in [0.29, 0.717) is 16.8 Å². The van der Waals surface area contributed by atoms with Gasteiger partial charge in [0.1, 0.15) is 0 Å². The number of hydrogen-bond acceptors (Lipinski definition) is 5. The van der Waals surface area contributed by atoms with Crippen molar-refractivity contribution in [2.45, 2.75) is 0 Å². The molecule has 0 spiro atoms. The highest BCUT2D eigenvalue weighted by Gasteiger charge is 2.16. The lowest BCUT2D eigenvalue weighted by Crippen LogP contribution is -2.24. The number of aromatic nitrogens is 1. The predicted molar refractivity (Wildman–Crippen MR) is 103 cm³/mol. The number of fused-ring (bicyclic) bond motifs is 1. The molecule has 0 radical (unpaired) electrons. The summed E-state index contributed by atoms with van der Waals surface area (Å²) >= 11 is 0. The number of carbonyl (C=O) groups is 2. The summed E-state index contributed by atoms with van der Waals surface area (Å²) in [6.45, 7) is -0.403. The van der Waals surface area contributed by atoms with E-state index in [-0.39, 0.29) is 5.78 Å². The van der Waals surface area contributed by atoms with Crippen LogP contribution in [0.4, 0.5) is 5.69 Å². The van der Waals surface area contributed by atoms with Gasteiger partial charge in [-0.25, -0.2) is 13.2 Å². The third-order valence-electron chi connectivity index (χ3n) is 4.19. The van der Waals surface area contributed by atoms with Crippen molar-refractivity contribution in [2.24, 2.45) is 0 Å². The molecule has 0 fully saturated rings. The first-order chi connectivity index (χ1) is 12.8. The van der Waals surface area contributed by atoms with E-state index in [2.05, 4.69) is 4.98 Å². The Hall–Kier alpha value is -3.13. The number of aromatic amines is 1. The van der Waals surface area contributed by atoms with Crippen LogP contribution in [-0.2, 0) is 14.8 Å². The second-order valence-electron chi connectivity index (χ2n) is 6.02. The van der Waals surface area contributed by atoms with Crippen molar-refractivity contribution in [1.29, 1.82) is 0 Å². The van der Waals surface area contributed by atoms with Gasteiger partial charge in [-0.2, -0.15) is 0 Å². The van der Waals surface area contributed by atoms with Gasteiger partial charge >= 0.3 is 5.97 Å². The Labute approximate surface area is 156 Å². The molecular weight excluding hydrogens is 368 g/mol. The standard InChI is InChI=1S/C19H18N2O5S/c1-21(27(2,24)25)14-9-7-13(8-10-14)18(22)12-26-19(23)16-11-20-17-6-4-3-5-15(16)17/h3-11,20H,12H2,1-2H3. The van der Waals surface area contributed by atoms with Crippen LogP contribution >= 0.6 is 0 Å². The molecule has 27 heavy (non-hydrogen) atoms. The number of ether oxygens (including phenoxy) is 1. The molecule has 0 saturated carbocycles. The Bertz CT molecular complexity index is 1100. The first kappa shape index (κ1) is 18.7. The zero-order valence-electron chi connectivity index (χ0n) is 14.8. The number of Topliss-reactive ketones (excluding diaryl/α,β-unsaturated/α-hetero) is 1. The summed E-state index contributed by atoms with van der Waals surface area (Å²) in [5.74, 6) is -0.967. The van der Waals surface area contributed by atoms with E-state index in [1.807, 2.05) is 18.2 Å². The molecule has 3 rings (SSSR count). The maximum Gasteiger partial charge on any atom is 0.340 e. The number of ketones is 1. The van der Waals surface area contributed by atoms with Gasteiger partial charge in [0.15, 0.2) is 12.4 Å². The van der Waals surface area contributed by atoms with Gasteiger partial charge in [-0.05, 0) is 30.3 Å². The third kappa shape index (κ3) is 4.01. The van der Waals surface area contributed by atoms with Gasteiger partial charge in [0.25, 0.3) is 0 Å². The van der Waals surface area contributed by atoms with Gasteiger partial charge < -0.3 is 9.72 Å². The summed E-state index contributed by atoms with van der Waals surface area (Å²) in [4.78, 5) is 27.5. The minimum atomic E-state index is -3.38. The second-order valence-corrected chi connectivity index (χ2v) is 8.04. The molecule has 8 heteroatoms. The minimum absolute atomic E-state index is 0.326. The number of anilines is 1. The Morgan fingerprint density at radius 3 is 2.41 bits per heavy atom. The summed E-state index contributed by atoms with van der Waals surface area (Å²) in [5, 5.41) is 0.725. The first-order valence-corrected chi connectivity index (χ1v) is 9.92. The normalized spacial score (nSPS) is 11.3. The highest BCUT2D eigenvalue weighted by atomic mass is 32.2. The van der Waals surface area contributed by atoms with Crippen molar-refractivity contribution in [3.8, 4) is 0 Å². The van der Waals surface area contributed by atoms with Crippen molar-refractivity contribution in [3.63, 3.8) is 0 Å². The topological polar surface area (TPSA) is 96.5 Å². The number of hydrogen-bond donors (Lipinski definition) is 1. The van der Waals surface area contributed by atoms with Crippen molar-refractivity contribution in [2.75, 3.05) is 24.2 Å². The van der Waals surface area contributed by atoms with Crippen molar-refractivity contribution < 1.29 is 22.7 Å². The summed E-state index contributed by atoms with van der Waals surface area (Å²) in [7, 11) is -1.95. The van der Waals surface area contributed by atoms with E-state index >= 15 is 0 Å². The van der Waals surface area contributed by atoms with Crippen LogP contribution in [0.1, 0.15) is 20.7 Å². The van der Waals surface area contributed by atoms with Gasteiger partial charge in [0.2, 0.25) is 10.0 Å². The number of H-pyrrole nitrogens is 1. The van der Waals surface area contributed by atoms with Crippen LogP contribution in [0.5, 0.6) is 0 Å². The molecule has 0 amide bonds. The van der Waals surface area contributed by atoms with E-state index in [0.717, 1.165) is 21.5 Å². The van der Waals surface area contributed by atoms with Gasteiger partial charge in [-0.15, -0.1) is 0 Å². The van der Waals surface area contributed by atoms with E-state index in [1.165, 1.54) is 31.3 Å². The van der Waals surface area contributed by atoms with E-state index in [1.54, 1.807) is 12.3 Å². The van der Waals surface area contributed by atoms with Crippen molar-refractivity contribution in [1.82, 2.24) is 4.98 Å². The van der Waals surface area contributed by atoms with E-state index in [9.17, 15) is 18.0 Å². The quantitative estimate of drug-likeness (QED) is 0.519. The summed E-state index contributed by atoms with van der Waals surface area (Å²) in [6.07, 6.45) is 2.64. The lowest BCUT2D eigenvalue weighted by Gasteiger charge is -2.16. The summed E-state index contributed by atoms with van der Waals surface area (Å²) in [5.41, 5.74) is 1.93. The largest absolute Gasteiger partial charge is 0.454 e. The van der Waals surface area contributed by atoms with E-state index < -0.39 is 22.6 Å². The van der Waals surface area contributed by atoms with Crippen molar-refractivity contribution in [3.05, 3.63) is 65.9 Å². The predicted octanol–water partition coefficient (Wildman–Crippen LogP) is 2.60. The number of benzene rings is 2. The molecule has 0 aliphatic rings. The van der Waals surface area contributed by atoms with Crippen LogP contribution in [0, 0.1) is 0 Å². The van der Waals surface area contributed by atoms with Crippen molar-refractivity contribution >= 4 is 38.4 Å². The van der Waals surface area contributed by atoms with E-state index in [4.69, 9.17) is 4.74 Å². The zero-order chi connectivity index (χ0) is 19.6. The number of carbonyl (C=O) groups excluding carboxylic acids is 2. The maximum atomic E-state index is 12.2. The highest BCUT2D eigenvalue weighted by Crippen LogP contribution is 2.19. The molecule has 0 bridgehead atoms. The molecule has 1 N–H and O–H groups in total. The molecule has 1 aromatic heterocycles. The molecule has 140 valence electrons. The smallest absolute Gasteiger partial charge is 0.340 e. The van der Waals surface area contributed by atoms with Gasteiger partial charge in [0, 0.05) is 29.7 Å². The number of para-hydroxylation sites is 1. The van der Waals surface area contributed by atoms with Crippen LogP contribution in [0.2, 0.25) is 0 Å². The monoisotopic (exact) mass is 386 g/mol. The maximum absolute atomic E-state index is 12.2. The zero-order valence-corrected chi connectivity index (χ0v) is 15.6. The average Bonchev–Trinajstić information content (AvgIpc) is 3.09. The number of esters is 1. The van der Waals surface area contributed by atoms with Gasteiger partial charge in [-0.1, -0.05) is 18.2 Å². The van der Waals surface area contributed by atoms with Crippen LogP contribution in [-0.4, -0.2) is 45.1 Å². The molecule has 3 aromatic rings. The second kappa shape index (κ2) is 7.24. The Balaban J connectivity index is 1.66. The molecule has 1 heterocycles. The fourth-order valence-electron chi connectivity index (χ4n) is 2.58. The summed E-state index contributed by atoms with van der Waals surface area (Å²) < 4.78 is 29.3. The SMILES string of the molecule is CN(c1ccc(C(=O)COC(=O)c2c[nH]c3ccccc23)cc1)S(C)(=O)=O. The fourth-order valence-corrected chi connectivity index (χ4v) is 3.09. The molecule has 2 aromatic carbocycles. The molecule has 0 atom stereocenters. The Kier molecular flexibility index (Phi) is 5.00. The lowest BCUT2D eigenvalue weighted by atomic mass is 10.1. The van der Waals surface area contributed by atoms with Crippen LogP contribution in [0.25, 0.3) is 10.9 Å². The highest BCUT2D eigenvalue weighted by molar-refractivity contribution is 7.92. The molecular formula is C19H18N2O5S. The lowest BCUT2D eigenvalue weighted by molar-refractivity contribution is 0.0476. The molecule has 0 aliphatic heterocycles. The molecule has 0 aliphatic carbocycles. The Morgan fingerprint density at radius 2 is 1.74 bits per heavy atom. The number of nitrogens with one attached hydrogen (secondary N) is 1. The van der Waals surface area contributed by atoms with Crippen LogP contribution < -0.4 is 4.31 Å². The number of sulfonamides is 1. The third-order valence-corrected chi connectivity index (χ3v) is 5.40. The average molecular weight is 386 g/mol. The minimum Gasteiger partial charge on any atom is -0.454 e. The Morgan fingerprint density at radius 1 is 1.07 bits per heavy atom. The summed E-state index contributed by atoms with van der Waals surface area (Å²) in [6, 6.07) is 13.3. The van der Waals surface area contributed by atoms with Crippen LogP contribution in [0.15, 0.2) is 54.7 Å². The molecule has 0 unspecified atom stereocenters. The fraction of sp³-hybridized carbons (Fsp3) is 0.158. The molecule has 7 nitrogen and oxygen atoms in total. The number of nitrogens with zero attached hydrogens (tertiary/aromatic N) is 1.